The Balaban J connectivity index is 1.33. The highest BCUT2D eigenvalue weighted by atomic mass is 16.5. The van der Waals surface area contributed by atoms with Crippen LogP contribution in [0.15, 0.2) is 54.6 Å². The quantitative estimate of drug-likeness (QED) is 0.699. The molecule has 0 spiro atoms. The van der Waals surface area contributed by atoms with Gasteiger partial charge in [-0.2, -0.15) is 0 Å². The summed E-state index contributed by atoms with van der Waals surface area (Å²) in [6.45, 7) is 5.14. The molecule has 0 aliphatic carbocycles. The topological polar surface area (TPSA) is 50.8 Å². The first-order chi connectivity index (χ1) is 13.7. The van der Waals surface area contributed by atoms with Gasteiger partial charge in [-0.25, -0.2) is 4.79 Å². The minimum absolute atomic E-state index is 0.00447. The first kappa shape index (κ1) is 20.1. The van der Waals surface area contributed by atoms with Crippen LogP contribution in [0.2, 0.25) is 0 Å². The third kappa shape index (κ3) is 6.19. The summed E-state index contributed by atoms with van der Waals surface area (Å²) in [5.74, 6) is 2.21. The first-order valence-corrected chi connectivity index (χ1v) is 10.2. The van der Waals surface area contributed by atoms with Crippen LogP contribution in [0.1, 0.15) is 25.3 Å². The van der Waals surface area contributed by atoms with Crippen LogP contribution in [0.25, 0.3) is 0 Å². The third-order valence-electron chi connectivity index (χ3n) is 5.03. The molecule has 0 unspecified atom stereocenters. The van der Waals surface area contributed by atoms with Gasteiger partial charge in [-0.15, -0.1) is 0 Å². The minimum atomic E-state index is 0.00447. The van der Waals surface area contributed by atoms with E-state index in [4.69, 9.17) is 9.47 Å². The SMILES string of the molecule is CCOc1cccc(OCCNC(=O)N2CCC(Cc3ccccc3)CC2)c1. The molecule has 0 radical (unpaired) electrons. The van der Waals surface area contributed by atoms with Crippen LogP contribution in [0, 0.1) is 5.92 Å². The van der Waals surface area contributed by atoms with Crippen molar-refractivity contribution in [1.29, 1.82) is 0 Å². The van der Waals surface area contributed by atoms with Crippen LogP contribution < -0.4 is 14.8 Å². The summed E-state index contributed by atoms with van der Waals surface area (Å²) in [4.78, 5) is 14.3. The van der Waals surface area contributed by atoms with Crippen molar-refractivity contribution in [3.63, 3.8) is 0 Å². The highest BCUT2D eigenvalue weighted by molar-refractivity contribution is 5.74. The zero-order valence-corrected chi connectivity index (χ0v) is 16.6. The molecule has 0 bridgehead atoms. The molecule has 2 aromatic carbocycles. The molecule has 1 saturated heterocycles. The van der Waals surface area contributed by atoms with Crippen LogP contribution in [-0.4, -0.2) is 43.8 Å². The maximum absolute atomic E-state index is 12.4. The van der Waals surface area contributed by atoms with Crippen molar-refractivity contribution < 1.29 is 14.3 Å². The number of carbonyl (C=O) groups excluding carboxylic acids is 1. The fourth-order valence-corrected chi connectivity index (χ4v) is 3.55. The lowest BCUT2D eigenvalue weighted by Gasteiger charge is -2.32. The second kappa shape index (κ2) is 10.6. The smallest absolute Gasteiger partial charge is 0.317 e. The number of ether oxygens (including phenoxy) is 2. The third-order valence-corrected chi connectivity index (χ3v) is 5.03. The van der Waals surface area contributed by atoms with Crippen molar-refractivity contribution in [3.05, 3.63) is 60.2 Å². The number of nitrogens with zero attached hydrogens (tertiary/aromatic N) is 1. The van der Waals surface area contributed by atoms with E-state index in [1.54, 1.807) is 0 Å². The Kier molecular flexibility index (Phi) is 7.59. The van der Waals surface area contributed by atoms with Gasteiger partial charge in [-0.05, 0) is 49.8 Å². The van der Waals surface area contributed by atoms with Crippen molar-refractivity contribution in [2.75, 3.05) is 32.8 Å². The second-order valence-corrected chi connectivity index (χ2v) is 7.11. The zero-order valence-electron chi connectivity index (χ0n) is 16.6. The summed E-state index contributed by atoms with van der Waals surface area (Å²) in [5.41, 5.74) is 1.39. The molecule has 1 fully saturated rings. The fourth-order valence-electron chi connectivity index (χ4n) is 3.55. The number of urea groups is 1. The van der Waals surface area contributed by atoms with E-state index in [0.29, 0.717) is 25.7 Å². The number of piperidine rings is 1. The summed E-state index contributed by atoms with van der Waals surface area (Å²) in [6.07, 6.45) is 3.22. The second-order valence-electron chi connectivity index (χ2n) is 7.11. The van der Waals surface area contributed by atoms with Crippen LogP contribution in [0.5, 0.6) is 11.5 Å². The highest BCUT2D eigenvalue weighted by Crippen LogP contribution is 2.22. The van der Waals surface area contributed by atoms with E-state index in [0.717, 1.165) is 43.9 Å². The lowest BCUT2D eigenvalue weighted by Crippen LogP contribution is -2.45. The fraction of sp³-hybridized carbons (Fsp3) is 0.435. The number of benzene rings is 2. The Morgan fingerprint density at radius 2 is 1.75 bits per heavy atom. The van der Waals surface area contributed by atoms with Gasteiger partial charge in [0.05, 0.1) is 13.2 Å². The Morgan fingerprint density at radius 3 is 2.46 bits per heavy atom. The molecule has 0 saturated carbocycles. The Hall–Kier alpha value is -2.69. The molecule has 0 aromatic heterocycles. The normalized spacial score (nSPS) is 14.5. The minimum Gasteiger partial charge on any atom is -0.494 e. The van der Waals surface area contributed by atoms with Gasteiger partial charge in [0.2, 0.25) is 0 Å². The molecular weight excluding hydrogens is 352 g/mol. The predicted octanol–water partition coefficient (Wildman–Crippen LogP) is 4.13. The van der Waals surface area contributed by atoms with Gasteiger partial charge in [-0.1, -0.05) is 36.4 Å². The monoisotopic (exact) mass is 382 g/mol. The van der Waals surface area contributed by atoms with E-state index in [1.165, 1.54) is 5.56 Å². The Morgan fingerprint density at radius 1 is 1.04 bits per heavy atom. The Bertz CT molecular complexity index is 728. The summed E-state index contributed by atoms with van der Waals surface area (Å²) < 4.78 is 11.2. The molecule has 5 nitrogen and oxygen atoms in total. The van der Waals surface area contributed by atoms with Crippen molar-refractivity contribution in [1.82, 2.24) is 10.2 Å². The van der Waals surface area contributed by atoms with Crippen LogP contribution >= 0.6 is 0 Å². The van der Waals surface area contributed by atoms with Gasteiger partial charge < -0.3 is 19.7 Å². The maximum atomic E-state index is 12.4. The molecule has 28 heavy (non-hydrogen) atoms. The number of hydrogen-bond acceptors (Lipinski definition) is 3. The zero-order chi connectivity index (χ0) is 19.6. The van der Waals surface area contributed by atoms with E-state index in [2.05, 4.69) is 35.6 Å². The van der Waals surface area contributed by atoms with Gasteiger partial charge in [0.1, 0.15) is 18.1 Å². The van der Waals surface area contributed by atoms with Gasteiger partial charge >= 0.3 is 6.03 Å². The van der Waals surface area contributed by atoms with E-state index >= 15 is 0 Å². The standard InChI is InChI=1S/C23H30N2O3/c1-2-27-21-9-6-10-22(18-21)28-16-13-24-23(26)25-14-11-20(12-15-25)17-19-7-4-3-5-8-19/h3-10,18,20H,2,11-17H2,1H3,(H,24,26). The van der Waals surface area contributed by atoms with Crippen molar-refractivity contribution in [3.8, 4) is 11.5 Å². The molecule has 2 aromatic rings. The number of carbonyl (C=O) groups is 1. The van der Waals surface area contributed by atoms with Gasteiger partial charge in [0.15, 0.2) is 0 Å². The number of hydrogen-bond donors (Lipinski definition) is 1. The summed E-state index contributed by atoms with van der Waals surface area (Å²) >= 11 is 0. The molecule has 5 heteroatoms. The van der Waals surface area contributed by atoms with Crippen LogP contribution in [-0.2, 0) is 6.42 Å². The lowest BCUT2D eigenvalue weighted by molar-refractivity contribution is 0.168. The molecule has 1 heterocycles. The Labute approximate surface area is 167 Å². The largest absolute Gasteiger partial charge is 0.494 e. The molecule has 2 amide bonds. The van der Waals surface area contributed by atoms with Crippen molar-refractivity contribution in [2.24, 2.45) is 5.92 Å². The van der Waals surface area contributed by atoms with Crippen molar-refractivity contribution in [2.45, 2.75) is 26.2 Å². The number of nitrogens with one attached hydrogen (secondary N) is 1. The lowest BCUT2D eigenvalue weighted by atomic mass is 9.90. The predicted molar refractivity (Wildman–Crippen MR) is 111 cm³/mol. The van der Waals surface area contributed by atoms with Crippen molar-refractivity contribution >= 4 is 6.03 Å². The van der Waals surface area contributed by atoms with Crippen LogP contribution in [0.3, 0.4) is 0 Å². The number of amides is 2. The average molecular weight is 383 g/mol. The summed E-state index contributed by atoms with van der Waals surface area (Å²) in [6, 6.07) is 18.2. The molecule has 1 aliphatic rings. The number of likely N-dealkylation sites (tertiary alicyclic amines) is 1. The maximum Gasteiger partial charge on any atom is 0.317 e. The number of rotatable bonds is 8. The van der Waals surface area contributed by atoms with Crippen LogP contribution in [0.4, 0.5) is 4.79 Å². The molecule has 150 valence electrons. The van der Waals surface area contributed by atoms with Gasteiger partial charge in [0, 0.05) is 19.2 Å². The summed E-state index contributed by atoms with van der Waals surface area (Å²) in [7, 11) is 0. The van der Waals surface area contributed by atoms with Gasteiger partial charge in [-0.3, -0.25) is 0 Å². The highest BCUT2D eigenvalue weighted by Gasteiger charge is 2.22. The van der Waals surface area contributed by atoms with E-state index in [-0.39, 0.29) is 6.03 Å². The molecule has 3 rings (SSSR count). The van der Waals surface area contributed by atoms with Gasteiger partial charge in [0.25, 0.3) is 0 Å². The first-order valence-electron chi connectivity index (χ1n) is 10.2. The molecule has 1 aliphatic heterocycles. The summed E-state index contributed by atoms with van der Waals surface area (Å²) in [5, 5.41) is 2.96. The van der Waals surface area contributed by atoms with E-state index < -0.39 is 0 Å². The molecule has 0 atom stereocenters. The molecule has 1 N–H and O–H groups in total. The van der Waals surface area contributed by atoms with E-state index in [9.17, 15) is 4.79 Å². The average Bonchev–Trinajstić information content (AvgIpc) is 2.73. The van der Waals surface area contributed by atoms with E-state index in [1.807, 2.05) is 36.1 Å². The molecular formula is C23H30N2O3.